The maximum absolute atomic E-state index is 12.7. The van der Waals surface area contributed by atoms with Crippen LogP contribution in [0.15, 0.2) is 23.1 Å². The summed E-state index contributed by atoms with van der Waals surface area (Å²) in [6, 6.07) is 3.12. The molecule has 1 N–H and O–H groups in total. The minimum absolute atomic E-state index is 0.00416. The number of hydrogen-bond acceptors (Lipinski definition) is 5. The van der Waals surface area contributed by atoms with Crippen LogP contribution >= 0.6 is 11.6 Å². The van der Waals surface area contributed by atoms with E-state index >= 15 is 0 Å². The molecule has 1 unspecified atom stereocenters. The summed E-state index contributed by atoms with van der Waals surface area (Å²) < 4.78 is 31.4. The van der Waals surface area contributed by atoms with Crippen LogP contribution in [0, 0.1) is 0 Å². The van der Waals surface area contributed by atoms with E-state index in [0.717, 1.165) is 19.3 Å². The zero-order valence-corrected chi connectivity index (χ0v) is 15.7. The maximum Gasteiger partial charge on any atom is 0.328 e. The second-order valence-corrected chi connectivity index (χ2v) is 8.17. The molecule has 0 bridgehead atoms. The number of halogens is 1. The van der Waals surface area contributed by atoms with Gasteiger partial charge in [-0.3, -0.25) is 4.79 Å². The van der Waals surface area contributed by atoms with Crippen molar-refractivity contribution in [2.75, 3.05) is 20.2 Å². The Kier molecular flexibility index (Phi) is 6.42. The third-order valence-corrected chi connectivity index (χ3v) is 6.26. The predicted molar refractivity (Wildman–Crippen MR) is 93.0 cm³/mol. The minimum Gasteiger partial charge on any atom is -0.467 e. The summed E-state index contributed by atoms with van der Waals surface area (Å²) in [6.45, 7) is 2.39. The van der Waals surface area contributed by atoms with Crippen LogP contribution in [-0.4, -0.2) is 50.8 Å². The summed E-state index contributed by atoms with van der Waals surface area (Å²) in [5, 5.41) is 2.54. The molecule has 1 amide bonds. The van der Waals surface area contributed by atoms with Crippen LogP contribution in [0.4, 0.5) is 0 Å². The molecule has 25 heavy (non-hydrogen) atoms. The van der Waals surface area contributed by atoms with Crippen molar-refractivity contribution in [2.24, 2.45) is 0 Å². The third kappa shape index (κ3) is 4.50. The number of sulfonamides is 1. The Balaban J connectivity index is 2.27. The summed E-state index contributed by atoms with van der Waals surface area (Å²) in [7, 11) is -2.47. The molecule has 0 aromatic heterocycles. The van der Waals surface area contributed by atoms with E-state index < -0.39 is 27.9 Å². The van der Waals surface area contributed by atoms with Gasteiger partial charge in [0.05, 0.1) is 22.6 Å². The Morgan fingerprint density at radius 3 is 2.48 bits per heavy atom. The van der Waals surface area contributed by atoms with Crippen LogP contribution in [0.2, 0.25) is 5.02 Å². The summed E-state index contributed by atoms with van der Waals surface area (Å²) in [4.78, 5) is 23.8. The lowest BCUT2D eigenvalue weighted by molar-refractivity contribution is -0.142. The summed E-state index contributed by atoms with van der Waals surface area (Å²) >= 11 is 6.04. The summed E-state index contributed by atoms with van der Waals surface area (Å²) in [6.07, 6.45) is 2.64. The molecule has 2 rings (SSSR count). The Hall–Kier alpha value is -1.64. The topological polar surface area (TPSA) is 92.8 Å². The van der Waals surface area contributed by atoms with Crippen LogP contribution in [-0.2, 0) is 19.6 Å². The highest BCUT2D eigenvalue weighted by Crippen LogP contribution is 2.25. The number of nitrogens with one attached hydrogen (secondary N) is 1. The second-order valence-electron chi connectivity index (χ2n) is 5.82. The van der Waals surface area contributed by atoms with Crippen molar-refractivity contribution in [3.8, 4) is 0 Å². The lowest BCUT2D eigenvalue weighted by atomic mass is 10.2. The van der Waals surface area contributed by atoms with E-state index in [1.807, 2.05) is 0 Å². The highest BCUT2D eigenvalue weighted by molar-refractivity contribution is 7.89. The van der Waals surface area contributed by atoms with E-state index in [1.54, 1.807) is 0 Å². The Morgan fingerprint density at radius 1 is 1.24 bits per heavy atom. The molecule has 1 fully saturated rings. The average molecular weight is 389 g/mol. The van der Waals surface area contributed by atoms with Gasteiger partial charge in [-0.15, -0.1) is 0 Å². The van der Waals surface area contributed by atoms with Gasteiger partial charge in [0.2, 0.25) is 10.0 Å². The second kappa shape index (κ2) is 8.16. The molecule has 0 saturated carbocycles. The van der Waals surface area contributed by atoms with Gasteiger partial charge in [-0.25, -0.2) is 13.2 Å². The van der Waals surface area contributed by atoms with Gasteiger partial charge >= 0.3 is 5.97 Å². The number of rotatable bonds is 5. The fourth-order valence-corrected chi connectivity index (χ4v) is 4.35. The van der Waals surface area contributed by atoms with E-state index in [1.165, 1.54) is 36.5 Å². The molecule has 9 heteroatoms. The molecule has 1 aliphatic heterocycles. The number of amides is 1. The number of benzene rings is 1. The van der Waals surface area contributed by atoms with Crippen molar-refractivity contribution in [1.29, 1.82) is 0 Å². The molecule has 0 aliphatic carbocycles. The van der Waals surface area contributed by atoms with Crippen LogP contribution in [0.25, 0.3) is 0 Å². The standard InChI is InChI=1S/C16H21ClN2O5S/c1-11(16(21)24-2)18-15(20)13-10-12(6-7-14(13)17)25(22,23)19-8-4-3-5-9-19/h6-7,10-11H,3-5,8-9H2,1-2H3,(H,18,20). The van der Waals surface area contributed by atoms with Gasteiger partial charge in [0.1, 0.15) is 6.04 Å². The molecule has 7 nitrogen and oxygen atoms in total. The van der Waals surface area contributed by atoms with E-state index in [0.29, 0.717) is 13.1 Å². The Labute approximate surface area is 152 Å². The first-order valence-corrected chi connectivity index (χ1v) is 9.77. The molecule has 138 valence electrons. The first-order valence-electron chi connectivity index (χ1n) is 7.95. The molecule has 1 aromatic carbocycles. The quantitative estimate of drug-likeness (QED) is 0.776. The number of carbonyl (C=O) groups excluding carboxylic acids is 2. The normalized spacial score (nSPS) is 16.9. The molecule has 1 aliphatic rings. The maximum atomic E-state index is 12.7. The summed E-state index contributed by atoms with van der Waals surface area (Å²) in [5.41, 5.74) is -0.00416. The van der Waals surface area contributed by atoms with Crippen LogP contribution < -0.4 is 5.32 Å². The van der Waals surface area contributed by atoms with Gasteiger partial charge in [-0.05, 0) is 38.0 Å². The zero-order chi connectivity index (χ0) is 18.6. The number of ether oxygens (including phenoxy) is 1. The molecular formula is C16H21ClN2O5S. The van der Waals surface area contributed by atoms with Crippen LogP contribution in [0.1, 0.15) is 36.5 Å². The van der Waals surface area contributed by atoms with Crippen molar-refractivity contribution >= 4 is 33.5 Å². The largest absolute Gasteiger partial charge is 0.467 e. The van der Waals surface area contributed by atoms with Crippen molar-refractivity contribution in [3.05, 3.63) is 28.8 Å². The lowest BCUT2D eigenvalue weighted by Gasteiger charge is -2.26. The SMILES string of the molecule is COC(=O)C(C)NC(=O)c1cc(S(=O)(=O)N2CCCCC2)ccc1Cl. The number of nitrogens with zero attached hydrogens (tertiary/aromatic N) is 1. The van der Waals surface area contributed by atoms with Gasteiger partial charge in [0, 0.05) is 13.1 Å². The van der Waals surface area contributed by atoms with Crippen LogP contribution in [0.5, 0.6) is 0 Å². The first kappa shape index (κ1) is 19.7. The number of esters is 1. The Bertz CT molecular complexity index is 760. The Morgan fingerprint density at radius 2 is 1.88 bits per heavy atom. The first-order chi connectivity index (χ1) is 11.8. The van der Waals surface area contributed by atoms with Crippen molar-refractivity contribution in [1.82, 2.24) is 9.62 Å². The highest BCUT2D eigenvalue weighted by atomic mass is 35.5. The molecule has 0 spiro atoms. The number of piperidine rings is 1. The van der Waals surface area contributed by atoms with Gasteiger partial charge in [0.15, 0.2) is 0 Å². The van der Waals surface area contributed by atoms with Gasteiger partial charge in [-0.2, -0.15) is 4.31 Å². The molecule has 1 saturated heterocycles. The monoisotopic (exact) mass is 388 g/mol. The summed E-state index contributed by atoms with van der Waals surface area (Å²) in [5.74, 6) is -1.25. The average Bonchev–Trinajstić information content (AvgIpc) is 2.61. The lowest BCUT2D eigenvalue weighted by Crippen LogP contribution is -2.39. The molecule has 0 radical (unpaired) electrons. The van der Waals surface area contributed by atoms with E-state index in [4.69, 9.17) is 11.6 Å². The molecule has 1 heterocycles. The minimum atomic E-state index is -3.68. The van der Waals surface area contributed by atoms with Crippen molar-refractivity contribution in [2.45, 2.75) is 37.1 Å². The van der Waals surface area contributed by atoms with Crippen molar-refractivity contribution < 1.29 is 22.7 Å². The third-order valence-electron chi connectivity index (χ3n) is 4.04. The number of hydrogen-bond donors (Lipinski definition) is 1. The highest BCUT2D eigenvalue weighted by Gasteiger charge is 2.27. The van der Waals surface area contributed by atoms with Crippen LogP contribution in [0.3, 0.4) is 0 Å². The number of methoxy groups -OCH3 is 1. The fourth-order valence-electron chi connectivity index (χ4n) is 2.60. The molecule has 1 aromatic rings. The van der Waals surface area contributed by atoms with E-state index in [2.05, 4.69) is 10.1 Å². The van der Waals surface area contributed by atoms with Gasteiger partial charge in [-0.1, -0.05) is 18.0 Å². The van der Waals surface area contributed by atoms with Gasteiger partial charge < -0.3 is 10.1 Å². The predicted octanol–water partition coefficient (Wildman–Crippen LogP) is 1.81. The van der Waals surface area contributed by atoms with E-state index in [-0.39, 0.29) is 15.5 Å². The fraction of sp³-hybridized carbons (Fsp3) is 0.500. The van der Waals surface area contributed by atoms with Crippen molar-refractivity contribution in [3.63, 3.8) is 0 Å². The van der Waals surface area contributed by atoms with Gasteiger partial charge in [0.25, 0.3) is 5.91 Å². The number of carbonyl (C=O) groups is 2. The van der Waals surface area contributed by atoms with E-state index in [9.17, 15) is 18.0 Å². The zero-order valence-electron chi connectivity index (χ0n) is 14.1. The molecular weight excluding hydrogens is 368 g/mol. The molecule has 1 atom stereocenters. The smallest absolute Gasteiger partial charge is 0.328 e.